The Morgan fingerprint density at radius 3 is 2.96 bits per heavy atom. The average Bonchev–Trinajstić information content (AvgIpc) is 3.10. The van der Waals surface area contributed by atoms with Gasteiger partial charge < -0.3 is 10.1 Å². The average molecular weight is 353 g/mol. The van der Waals surface area contributed by atoms with Gasteiger partial charge in [-0.25, -0.2) is 4.79 Å². The predicted molar refractivity (Wildman–Crippen MR) is 102 cm³/mol. The molecular formula is C19H23N5O2. The Bertz CT molecular complexity index is 891. The highest BCUT2D eigenvalue weighted by Crippen LogP contribution is 2.19. The Hall–Kier alpha value is -3.22. The number of nitrogens with zero attached hydrogens (tertiary/aromatic N) is 1. The van der Waals surface area contributed by atoms with Crippen molar-refractivity contribution >= 4 is 22.6 Å². The minimum atomic E-state index is -0.298. The number of anilines is 1. The van der Waals surface area contributed by atoms with Crippen molar-refractivity contribution in [3.63, 3.8) is 0 Å². The number of carbonyl (C=O) groups excluding carboxylic acids is 1. The largest absolute Gasteiger partial charge is 0.493 e. The van der Waals surface area contributed by atoms with Crippen LogP contribution in [0.25, 0.3) is 10.9 Å². The van der Waals surface area contributed by atoms with Crippen LogP contribution in [0.5, 0.6) is 5.75 Å². The molecule has 2 amide bonds. The van der Waals surface area contributed by atoms with E-state index in [0.29, 0.717) is 13.2 Å². The SMILES string of the molecule is Cc1ccc(OCCCNC(=O)NNc2cccc3cn[nH]c23)c(C)c1. The number of para-hydroxylation sites is 1. The maximum absolute atomic E-state index is 11.9. The lowest BCUT2D eigenvalue weighted by Gasteiger charge is -2.12. The number of urea groups is 1. The first kappa shape index (κ1) is 17.6. The van der Waals surface area contributed by atoms with Gasteiger partial charge in [0, 0.05) is 11.9 Å². The van der Waals surface area contributed by atoms with Gasteiger partial charge in [-0.05, 0) is 38.0 Å². The monoisotopic (exact) mass is 353 g/mol. The maximum Gasteiger partial charge on any atom is 0.333 e. The molecule has 0 bridgehead atoms. The Kier molecular flexibility index (Phi) is 5.58. The number of benzene rings is 2. The quantitative estimate of drug-likeness (QED) is 0.387. The van der Waals surface area contributed by atoms with Crippen molar-refractivity contribution in [1.29, 1.82) is 0 Å². The molecule has 4 N–H and O–H groups in total. The van der Waals surface area contributed by atoms with E-state index in [2.05, 4.69) is 39.4 Å². The van der Waals surface area contributed by atoms with Gasteiger partial charge >= 0.3 is 6.03 Å². The van der Waals surface area contributed by atoms with Gasteiger partial charge in [0.05, 0.1) is 24.0 Å². The van der Waals surface area contributed by atoms with E-state index in [1.807, 2.05) is 37.3 Å². The molecule has 0 radical (unpaired) electrons. The van der Waals surface area contributed by atoms with Gasteiger partial charge in [0.25, 0.3) is 0 Å². The number of aryl methyl sites for hydroxylation is 2. The Labute approximate surface area is 152 Å². The Balaban J connectivity index is 1.36. The molecule has 1 aromatic heterocycles. The summed E-state index contributed by atoms with van der Waals surface area (Å²) in [5.74, 6) is 0.884. The van der Waals surface area contributed by atoms with Gasteiger partial charge in [-0.1, -0.05) is 29.8 Å². The molecule has 2 aromatic carbocycles. The van der Waals surface area contributed by atoms with Crippen LogP contribution in [-0.2, 0) is 0 Å². The van der Waals surface area contributed by atoms with Crippen LogP contribution in [0.2, 0.25) is 0 Å². The zero-order chi connectivity index (χ0) is 18.4. The second-order valence-electron chi connectivity index (χ2n) is 6.12. The number of nitrogens with one attached hydrogen (secondary N) is 4. The molecule has 0 saturated heterocycles. The summed E-state index contributed by atoms with van der Waals surface area (Å²) in [6, 6.07) is 11.5. The molecule has 0 aliphatic heterocycles. The molecule has 0 fully saturated rings. The lowest BCUT2D eigenvalue weighted by molar-refractivity contribution is 0.241. The summed E-state index contributed by atoms with van der Waals surface area (Å²) in [7, 11) is 0. The molecular weight excluding hydrogens is 330 g/mol. The summed E-state index contributed by atoms with van der Waals surface area (Å²) >= 11 is 0. The van der Waals surface area contributed by atoms with Crippen LogP contribution >= 0.6 is 0 Å². The maximum atomic E-state index is 11.9. The van der Waals surface area contributed by atoms with E-state index in [4.69, 9.17) is 4.74 Å². The summed E-state index contributed by atoms with van der Waals surface area (Å²) < 4.78 is 5.74. The smallest absolute Gasteiger partial charge is 0.333 e. The normalized spacial score (nSPS) is 10.5. The fourth-order valence-corrected chi connectivity index (χ4v) is 2.66. The van der Waals surface area contributed by atoms with Crippen molar-refractivity contribution in [2.45, 2.75) is 20.3 Å². The molecule has 0 aliphatic rings. The molecule has 0 atom stereocenters. The lowest BCUT2D eigenvalue weighted by atomic mass is 10.1. The molecule has 7 nitrogen and oxygen atoms in total. The standard InChI is InChI=1S/C19H23N5O2/c1-13-7-8-17(14(2)11-13)26-10-4-9-20-19(25)24-22-16-6-3-5-15-12-21-23-18(15)16/h3,5-8,11-12,22H,4,9-10H2,1-2H3,(H,21,23)(H2,20,24,25). The summed E-state index contributed by atoms with van der Waals surface area (Å²) in [5, 5.41) is 10.6. The number of carbonyl (C=O) groups is 1. The van der Waals surface area contributed by atoms with Crippen molar-refractivity contribution in [2.75, 3.05) is 18.6 Å². The van der Waals surface area contributed by atoms with E-state index in [9.17, 15) is 4.79 Å². The molecule has 0 saturated carbocycles. The van der Waals surface area contributed by atoms with Crippen LogP contribution in [0.4, 0.5) is 10.5 Å². The highest BCUT2D eigenvalue weighted by Gasteiger charge is 2.04. The third-order valence-corrected chi connectivity index (χ3v) is 3.98. The molecule has 0 aliphatic carbocycles. The number of hydrogen-bond acceptors (Lipinski definition) is 4. The second-order valence-corrected chi connectivity index (χ2v) is 6.12. The summed E-state index contributed by atoms with van der Waals surface area (Å²) in [5.41, 5.74) is 9.44. The van der Waals surface area contributed by atoms with Crippen molar-refractivity contribution in [2.24, 2.45) is 0 Å². The van der Waals surface area contributed by atoms with Gasteiger partial charge in [-0.15, -0.1) is 0 Å². The molecule has 26 heavy (non-hydrogen) atoms. The van der Waals surface area contributed by atoms with Crippen LogP contribution in [0.3, 0.4) is 0 Å². The second kappa shape index (κ2) is 8.24. The predicted octanol–water partition coefficient (Wildman–Crippen LogP) is 3.27. The molecule has 0 spiro atoms. The summed E-state index contributed by atoms with van der Waals surface area (Å²) in [4.78, 5) is 11.9. The number of ether oxygens (including phenoxy) is 1. The van der Waals surface area contributed by atoms with E-state index in [1.165, 1.54) is 5.56 Å². The molecule has 1 heterocycles. The number of aromatic nitrogens is 2. The fraction of sp³-hybridized carbons (Fsp3) is 0.263. The third-order valence-electron chi connectivity index (χ3n) is 3.98. The lowest BCUT2D eigenvalue weighted by Crippen LogP contribution is -2.39. The van der Waals surface area contributed by atoms with Crippen LogP contribution < -0.4 is 20.9 Å². The van der Waals surface area contributed by atoms with E-state index >= 15 is 0 Å². The Morgan fingerprint density at radius 2 is 2.12 bits per heavy atom. The molecule has 3 aromatic rings. The van der Waals surface area contributed by atoms with Crippen molar-refractivity contribution in [1.82, 2.24) is 20.9 Å². The van der Waals surface area contributed by atoms with E-state index in [1.54, 1.807) is 6.20 Å². The minimum Gasteiger partial charge on any atom is -0.493 e. The van der Waals surface area contributed by atoms with Gasteiger partial charge in [0.15, 0.2) is 0 Å². The number of aromatic amines is 1. The zero-order valence-corrected chi connectivity index (χ0v) is 14.9. The van der Waals surface area contributed by atoms with Crippen molar-refractivity contribution in [3.05, 3.63) is 53.7 Å². The van der Waals surface area contributed by atoms with Crippen LogP contribution in [-0.4, -0.2) is 29.4 Å². The number of H-pyrrole nitrogens is 1. The van der Waals surface area contributed by atoms with Gasteiger partial charge in [-0.2, -0.15) is 5.10 Å². The number of amides is 2. The van der Waals surface area contributed by atoms with Gasteiger partial charge in [-0.3, -0.25) is 16.0 Å². The highest BCUT2D eigenvalue weighted by atomic mass is 16.5. The molecule has 3 rings (SSSR count). The van der Waals surface area contributed by atoms with Gasteiger partial charge in [0.2, 0.25) is 0 Å². The number of rotatable bonds is 7. The fourth-order valence-electron chi connectivity index (χ4n) is 2.66. The van der Waals surface area contributed by atoms with E-state index in [-0.39, 0.29) is 6.03 Å². The third kappa shape index (κ3) is 4.44. The zero-order valence-electron chi connectivity index (χ0n) is 14.9. The molecule has 136 valence electrons. The van der Waals surface area contributed by atoms with Crippen molar-refractivity contribution < 1.29 is 9.53 Å². The number of fused-ring (bicyclic) bond motifs is 1. The first-order chi connectivity index (χ1) is 12.6. The topological polar surface area (TPSA) is 91.1 Å². The minimum absolute atomic E-state index is 0.298. The molecule has 7 heteroatoms. The number of hydrazine groups is 1. The molecule has 0 unspecified atom stereocenters. The van der Waals surface area contributed by atoms with Crippen LogP contribution in [0, 0.1) is 13.8 Å². The Morgan fingerprint density at radius 1 is 1.23 bits per heavy atom. The first-order valence-corrected chi connectivity index (χ1v) is 8.55. The first-order valence-electron chi connectivity index (χ1n) is 8.55. The van der Waals surface area contributed by atoms with Crippen LogP contribution in [0.1, 0.15) is 17.5 Å². The summed E-state index contributed by atoms with van der Waals surface area (Å²) in [6.07, 6.45) is 2.45. The highest BCUT2D eigenvalue weighted by molar-refractivity contribution is 5.90. The summed E-state index contributed by atoms with van der Waals surface area (Å²) in [6.45, 7) is 5.15. The number of hydrogen-bond donors (Lipinski definition) is 4. The van der Waals surface area contributed by atoms with Crippen LogP contribution in [0.15, 0.2) is 42.6 Å². The van der Waals surface area contributed by atoms with E-state index < -0.39 is 0 Å². The van der Waals surface area contributed by atoms with Gasteiger partial charge in [0.1, 0.15) is 5.75 Å². The van der Waals surface area contributed by atoms with E-state index in [0.717, 1.165) is 34.3 Å². The van der Waals surface area contributed by atoms with Crippen molar-refractivity contribution in [3.8, 4) is 5.75 Å².